The summed E-state index contributed by atoms with van der Waals surface area (Å²) in [5.41, 5.74) is 1.57. The Morgan fingerprint density at radius 2 is 1.96 bits per heavy atom. The molecule has 0 fully saturated rings. The molecule has 0 aliphatic carbocycles. The molecule has 0 bridgehead atoms. The SMILES string of the molecule is O=C1CN(C(=O)CSc2n[nH]c(-c3ccccc3F)n2)c2ccccc2N1. The monoisotopic (exact) mass is 383 g/mol. The van der Waals surface area contributed by atoms with Crippen LogP contribution in [-0.2, 0) is 9.59 Å². The number of para-hydroxylation sites is 2. The molecule has 0 radical (unpaired) electrons. The molecule has 1 aromatic heterocycles. The van der Waals surface area contributed by atoms with Crippen molar-refractivity contribution < 1.29 is 14.0 Å². The Morgan fingerprint density at radius 1 is 1.19 bits per heavy atom. The highest BCUT2D eigenvalue weighted by Gasteiger charge is 2.26. The van der Waals surface area contributed by atoms with Crippen LogP contribution in [0.5, 0.6) is 0 Å². The summed E-state index contributed by atoms with van der Waals surface area (Å²) in [5, 5.41) is 9.77. The summed E-state index contributed by atoms with van der Waals surface area (Å²) in [7, 11) is 0. The molecule has 9 heteroatoms. The lowest BCUT2D eigenvalue weighted by atomic mass is 10.2. The number of carbonyl (C=O) groups excluding carboxylic acids is 2. The average Bonchev–Trinajstić information content (AvgIpc) is 3.14. The highest BCUT2D eigenvalue weighted by atomic mass is 32.2. The minimum Gasteiger partial charge on any atom is -0.323 e. The molecule has 0 saturated heterocycles. The zero-order valence-electron chi connectivity index (χ0n) is 14.0. The zero-order valence-corrected chi connectivity index (χ0v) is 14.8. The van der Waals surface area contributed by atoms with Crippen LogP contribution in [0.15, 0.2) is 53.7 Å². The van der Waals surface area contributed by atoms with Crippen molar-refractivity contribution in [1.29, 1.82) is 0 Å². The van der Waals surface area contributed by atoms with Gasteiger partial charge in [-0.1, -0.05) is 36.0 Å². The Labute approximate surface area is 158 Å². The second kappa shape index (κ2) is 7.20. The Kier molecular flexibility index (Phi) is 4.59. The van der Waals surface area contributed by atoms with Crippen LogP contribution in [0.4, 0.5) is 15.8 Å². The van der Waals surface area contributed by atoms with Crippen molar-refractivity contribution in [3.8, 4) is 11.4 Å². The Balaban J connectivity index is 1.46. The van der Waals surface area contributed by atoms with Gasteiger partial charge in [-0.15, -0.1) is 5.10 Å². The van der Waals surface area contributed by atoms with Gasteiger partial charge in [-0.3, -0.25) is 14.7 Å². The van der Waals surface area contributed by atoms with E-state index in [9.17, 15) is 14.0 Å². The molecule has 2 N–H and O–H groups in total. The van der Waals surface area contributed by atoms with Gasteiger partial charge in [0, 0.05) is 0 Å². The number of aromatic nitrogens is 3. The van der Waals surface area contributed by atoms with E-state index in [1.54, 1.807) is 42.5 Å². The van der Waals surface area contributed by atoms with Crippen LogP contribution in [0.3, 0.4) is 0 Å². The minimum atomic E-state index is -0.405. The third-order valence-corrected chi connectivity index (χ3v) is 4.82. The Hall–Kier alpha value is -3.20. The molecule has 4 rings (SSSR count). The molecule has 0 spiro atoms. The smallest absolute Gasteiger partial charge is 0.244 e. The van der Waals surface area contributed by atoms with E-state index in [0.717, 1.165) is 11.8 Å². The molecule has 1 aliphatic rings. The van der Waals surface area contributed by atoms with Gasteiger partial charge in [0.1, 0.15) is 12.4 Å². The van der Waals surface area contributed by atoms with E-state index >= 15 is 0 Å². The lowest BCUT2D eigenvalue weighted by Gasteiger charge is -2.28. The topological polar surface area (TPSA) is 91.0 Å². The summed E-state index contributed by atoms with van der Waals surface area (Å²) in [4.78, 5) is 30.1. The van der Waals surface area contributed by atoms with Gasteiger partial charge in [-0.25, -0.2) is 9.37 Å². The van der Waals surface area contributed by atoms with Gasteiger partial charge in [0.25, 0.3) is 0 Å². The minimum absolute atomic E-state index is 0.0368. The molecule has 0 unspecified atom stereocenters. The Bertz CT molecular complexity index is 1020. The van der Waals surface area contributed by atoms with Crippen LogP contribution in [0, 0.1) is 5.82 Å². The van der Waals surface area contributed by atoms with E-state index < -0.39 is 5.82 Å². The largest absolute Gasteiger partial charge is 0.323 e. The maximum atomic E-state index is 13.8. The van der Waals surface area contributed by atoms with Crippen molar-refractivity contribution in [2.24, 2.45) is 0 Å². The maximum absolute atomic E-state index is 13.8. The van der Waals surface area contributed by atoms with Crippen molar-refractivity contribution in [3.63, 3.8) is 0 Å². The number of carbonyl (C=O) groups is 2. The first-order valence-electron chi connectivity index (χ1n) is 8.11. The van der Waals surface area contributed by atoms with E-state index in [2.05, 4.69) is 20.5 Å². The van der Waals surface area contributed by atoms with Gasteiger partial charge in [0.15, 0.2) is 5.82 Å². The average molecular weight is 383 g/mol. The van der Waals surface area contributed by atoms with E-state index in [-0.39, 0.29) is 24.1 Å². The van der Waals surface area contributed by atoms with Gasteiger partial charge in [0.05, 0.1) is 22.7 Å². The molecule has 2 aromatic carbocycles. The van der Waals surface area contributed by atoms with Gasteiger partial charge >= 0.3 is 0 Å². The number of nitrogens with zero attached hydrogens (tertiary/aromatic N) is 3. The molecule has 2 amide bonds. The van der Waals surface area contributed by atoms with E-state index in [1.165, 1.54) is 11.0 Å². The molecule has 3 aromatic rings. The van der Waals surface area contributed by atoms with Crippen molar-refractivity contribution in [2.45, 2.75) is 5.16 Å². The third kappa shape index (κ3) is 3.54. The summed E-state index contributed by atoms with van der Waals surface area (Å²) in [6, 6.07) is 13.4. The molecule has 7 nitrogen and oxygen atoms in total. The van der Waals surface area contributed by atoms with Crippen LogP contribution in [-0.4, -0.2) is 39.3 Å². The highest BCUT2D eigenvalue weighted by Crippen LogP contribution is 2.30. The van der Waals surface area contributed by atoms with Gasteiger partial charge < -0.3 is 10.2 Å². The number of amides is 2. The van der Waals surface area contributed by atoms with E-state index in [4.69, 9.17) is 0 Å². The van der Waals surface area contributed by atoms with Crippen LogP contribution in [0.2, 0.25) is 0 Å². The van der Waals surface area contributed by atoms with Crippen LogP contribution >= 0.6 is 11.8 Å². The van der Waals surface area contributed by atoms with Crippen LogP contribution in [0.25, 0.3) is 11.4 Å². The number of benzene rings is 2. The number of aromatic amines is 1. The fourth-order valence-electron chi connectivity index (χ4n) is 2.74. The standard InChI is InChI=1S/C18H14FN5O2S/c19-12-6-2-1-5-11(12)17-21-18(23-22-17)27-10-16(26)24-9-15(25)20-13-7-3-4-8-14(13)24/h1-8H,9-10H2,(H,20,25)(H,21,22,23). The molecule has 0 saturated carbocycles. The second-order valence-electron chi connectivity index (χ2n) is 5.78. The lowest BCUT2D eigenvalue weighted by Crippen LogP contribution is -2.43. The van der Waals surface area contributed by atoms with Crippen LogP contribution < -0.4 is 10.2 Å². The predicted molar refractivity (Wildman–Crippen MR) is 99.9 cm³/mol. The normalized spacial score (nSPS) is 13.2. The molecule has 1 aliphatic heterocycles. The first-order valence-corrected chi connectivity index (χ1v) is 9.10. The van der Waals surface area contributed by atoms with Gasteiger partial charge in [-0.2, -0.15) is 0 Å². The summed E-state index contributed by atoms with van der Waals surface area (Å²) in [6.07, 6.45) is 0. The molecule has 136 valence electrons. The molecule has 0 atom stereocenters. The molecular formula is C18H14FN5O2S. The molecule has 27 heavy (non-hydrogen) atoms. The van der Waals surface area contributed by atoms with Crippen LogP contribution in [0.1, 0.15) is 0 Å². The number of hydrogen-bond acceptors (Lipinski definition) is 5. The number of nitrogens with one attached hydrogen (secondary N) is 2. The zero-order chi connectivity index (χ0) is 18.8. The van der Waals surface area contributed by atoms with Crippen molar-refractivity contribution in [3.05, 3.63) is 54.3 Å². The number of fused-ring (bicyclic) bond motifs is 1. The quantitative estimate of drug-likeness (QED) is 0.676. The second-order valence-corrected chi connectivity index (χ2v) is 6.72. The fraction of sp³-hybridized carbons (Fsp3) is 0.111. The van der Waals surface area contributed by atoms with Crippen molar-refractivity contribution in [2.75, 3.05) is 22.5 Å². The summed E-state index contributed by atoms with van der Waals surface area (Å²) >= 11 is 1.12. The first kappa shape index (κ1) is 17.2. The van der Waals surface area contributed by atoms with E-state index in [1.807, 2.05) is 0 Å². The van der Waals surface area contributed by atoms with Gasteiger partial charge in [0.2, 0.25) is 17.0 Å². The molecule has 2 heterocycles. The summed E-state index contributed by atoms with van der Waals surface area (Å²) in [5.74, 6) is -0.537. The van der Waals surface area contributed by atoms with Gasteiger partial charge in [-0.05, 0) is 24.3 Å². The number of halogens is 1. The highest BCUT2D eigenvalue weighted by molar-refractivity contribution is 7.99. The summed E-state index contributed by atoms with van der Waals surface area (Å²) in [6.45, 7) is -0.0368. The number of hydrogen-bond donors (Lipinski definition) is 2. The first-order chi connectivity index (χ1) is 13.1. The number of thioether (sulfide) groups is 1. The Morgan fingerprint density at radius 3 is 2.81 bits per heavy atom. The lowest BCUT2D eigenvalue weighted by molar-refractivity contribution is -0.120. The van der Waals surface area contributed by atoms with Crippen molar-refractivity contribution >= 4 is 35.0 Å². The predicted octanol–water partition coefficient (Wildman–Crippen LogP) is 2.69. The number of rotatable bonds is 4. The molecular weight excluding hydrogens is 369 g/mol. The number of anilines is 2. The fourth-order valence-corrected chi connectivity index (χ4v) is 3.42. The van der Waals surface area contributed by atoms with Crippen molar-refractivity contribution in [1.82, 2.24) is 15.2 Å². The third-order valence-electron chi connectivity index (χ3n) is 3.99. The summed E-state index contributed by atoms with van der Waals surface area (Å²) < 4.78 is 13.8. The number of H-pyrrole nitrogens is 1. The van der Waals surface area contributed by atoms with E-state index in [0.29, 0.717) is 27.9 Å². The maximum Gasteiger partial charge on any atom is 0.244 e.